The molecule has 2 aromatic heterocycles. The Balaban J connectivity index is 1.72. The minimum atomic E-state index is -0.815. The Morgan fingerprint density at radius 1 is 1.12 bits per heavy atom. The molecule has 0 bridgehead atoms. The number of pyridine rings is 1. The van der Waals surface area contributed by atoms with Crippen molar-refractivity contribution in [2.45, 2.75) is 52.0 Å². The van der Waals surface area contributed by atoms with Crippen LogP contribution in [-0.2, 0) is 11.2 Å². The number of aromatic nitrogens is 2. The van der Waals surface area contributed by atoms with Crippen LogP contribution in [0.25, 0.3) is 16.9 Å². The van der Waals surface area contributed by atoms with E-state index >= 15 is 8.78 Å². The fourth-order valence-corrected chi connectivity index (χ4v) is 4.74. The molecule has 0 saturated heterocycles. The van der Waals surface area contributed by atoms with Crippen LogP contribution in [-0.4, -0.2) is 34.3 Å². The minimum absolute atomic E-state index is 0.0240. The van der Waals surface area contributed by atoms with Crippen LogP contribution in [0.3, 0.4) is 0 Å². The molecule has 0 unspecified atom stereocenters. The number of imidazole rings is 1. The molecule has 174 valence electrons. The lowest BCUT2D eigenvalue weighted by Crippen LogP contribution is -2.36. The lowest BCUT2D eigenvalue weighted by atomic mass is 9.82. The summed E-state index contributed by atoms with van der Waals surface area (Å²) >= 11 is 0. The summed E-state index contributed by atoms with van der Waals surface area (Å²) in [5, 5.41) is 5.37. The van der Waals surface area contributed by atoms with Gasteiger partial charge in [-0.3, -0.25) is 9.59 Å². The highest BCUT2D eigenvalue weighted by Crippen LogP contribution is 2.35. The molecule has 6 nitrogen and oxygen atoms in total. The summed E-state index contributed by atoms with van der Waals surface area (Å²) in [5.41, 5.74) is 2.35. The van der Waals surface area contributed by atoms with Gasteiger partial charge in [-0.15, -0.1) is 0 Å². The topological polar surface area (TPSA) is 75.5 Å². The number of fused-ring (bicyclic) bond motifs is 1. The maximum atomic E-state index is 15.1. The average Bonchev–Trinajstić information content (AvgIpc) is 3.10. The van der Waals surface area contributed by atoms with E-state index in [1.165, 1.54) is 14.0 Å². The predicted molar refractivity (Wildman–Crippen MR) is 122 cm³/mol. The highest BCUT2D eigenvalue weighted by Gasteiger charge is 2.27. The molecule has 2 N–H and O–H groups in total. The third-order valence-electron chi connectivity index (χ3n) is 6.38. The molecule has 0 aliphatic heterocycles. The van der Waals surface area contributed by atoms with Gasteiger partial charge >= 0.3 is 0 Å². The normalized spacial score (nSPS) is 18.3. The number of carbonyl (C=O) groups is 2. The zero-order valence-corrected chi connectivity index (χ0v) is 19.0. The Labute approximate surface area is 191 Å². The zero-order valence-electron chi connectivity index (χ0n) is 19.0. The third kappa shape index (κ3) is 4.74. The first-order valence-corrected chi connectivity index (χ1v) is 11.2. The number of benzene rings is 1. The molecule has 0 atom stereocenters. The lowest BCUT2D eigenvalue weighted by Gasteiger charge is -2.29. The smallest absolute Gasteiger partial charge is 0.251 e. The highest BCUT2D eigenvalue weighted by atomic mass is 19.1. The standard InChI is InChI=1S/C25H28F2N4O2/c1-14-8-9-31-21(11-16-4-6-18(7-5-16)29-15(2)32)24(30-22(31)10-14)23-19(26)12-17(13-20(23)27)25(33)28-3/h8-10,12-13,16,18H,4-7,11H2,1-3H3,(H,28,33)(H,29,32)/t16-,18-. The molecule has 33 heavy (non-hydrogen) atoms. The van der Waals surface area contributed by atoms with Crippen molar-refractivity contribution in [2.24, 2.45) is 5.92 Å². The van der Waals surface area contributed by atoms with Gasteiger partial charge in [0.25, 0.3) is 5.91 Å². The number of nitrogens with one attached hydrogen (secondary N) is 2. The molecular formula is C25H28F2N4O2. The molecule has 4 rings (SSSR count). The van der Waals surface area contributed by atoms with Gasteiger partial charge < -0.3 is 15.0 Å². The summed E-state index contributed by atoms with van der Waals surface area (Å²) in [6.07, 6.45) is 6.06. The SMILES string of the molecule is CNC(=O)c1cc(F)c(-c2nc3cc(C)ccn3c2C[C@H]2CC[C@H](NC(C)=O)CC2)c(F)c1. The van der Waals surface area contributed by atoms with Crippen LogP contribution < -0.4 is 10.6 Å². The fourth-order valence-electron chi connectivity index (χ4n) is 4.74. The third-order valence-corrected chi connectivity index (χ3v) is 6.38. The van der Waals surface area contributed by atoms with E-state index in [2.05, 4.69) is 15.6 Å². The lowest BCUT2D eigenvalue weighted by molar-refractivity contribution is -0.119. The van der Waals surface area contributed by atoms with Crippen LogP contribution in [0.4, 0.5) is 8.78 Å². The fraction of sp³-hybridized carbons (Fsp3) is 0.400. The molecule has 3 aromatic rings. The van der Waals surface area contributed by atoms with Crippen LogP contribution in [0.15, 0.2) is 30.5 Å². The summed E-state index contributed by atoms with van der Waals surface area (Å²) in [6.45, 7) is 3.47. The van der Waals surface area contributed by atoms with Gasteiger partial charge in [-0.25, -0.2) is 13.8 Å². The summed E-state index contributed by atoms with van der Waals surface area (Å²) in [5.74, 6) is -1.90. The van der Waals surface area contributed by atoms with Gasteiger partial charge in [-0.05, 0) is 74.8 Å². The molecule has 1 aromatic carbocycles. The summed E-state index contributed by atoms with van der Waals surface area (Å²) < 4.78 is 32.1. The van der Waals surface area contributed by atoms with Crippen molar-refractivity contribution in [3.63, 3.8) is 0 Å². The molecule has 0 spiro atoms. The minimum Gasteiger partial charge on any atom is -0.355 e. The van der Waals surface area contributed by atoms with Crippen LogP contribution in [0.1, 0.15) is 54.2 Å². The van der Waals surface area contributed by atoms with E-state index in [9.17, 15) is 9.59 Å². The van der Waals surface area contributed by atoms with Crippen molar-refractivity contribution in [3.8, 4) is 11.3 Å². The molecule has 1 aliphatic rings. The van der Waals surface area contributed by atoms with Gasteiger partial charge in [0, 0.05) is 31.8 Å². The molecule has 8 heteroatoms. The van der Waals surface area contributed by atoms with Crippen LogP contribution in [0.5, 0.6) is 0 Å². The average molecular weight is 455 g/mol. The summed E-state index contributed by atoms with van der Waals surface area (Å²) in [7, 11) is 1.41. The van der Waals surface area contributed by atoms with E-state index in [4.69, 9.17) is 0 Å². The number of halogens is 2. The molecule has 2 amide bonds. The van der Waals surface area contributed by atoms with Crippen LogP contribution in [0.2, 0.25) is 0 Å². The van der Waals surface area contributed by atoms with Gasteiger partial charge in [-0.2, -0.15) is 0 Å². The zero-order chi connectivity index (χ0) is 23.7. The first kappa shape index (κ1) is 22.9. The van der Waals surface area contributed by atoms with Crippen LogP contribution in [0, 0.1) is 24.5 Å². The second-order valence-electron chi connectivity index (χ2n) is 8.86. The van der Waals surface area contributed by atoms with Gasteiger partial charge in [0.2, 0.25) is 5.91 Å². The first-order chi connectivity index (χ1) is 15.8. The number of rotatable bonds is 5. The number of aryl methyl sites for hydroxylation is 1. The second kappa shape index (κ2) is 9.29. The van der Waals surface area contributed by atoms with Gasteiger partial charge in [-0.1, -0.05) is 0 Å². The Hall–Kier alpha value is -3.29. The highest BCUT2D eigenvalue weighted by molar-refractivity contribution is 5.94. The number of amides is 2. The van der Waals surface area contributed by atoms with Crippen molar-refractivity contribution in [2.75, 3.05) is 7.05 Å². The first-order valence-electron chi connectivity index (χ1n) is 11.2. The van der Waals surface area contributed by atoms with Crippen molar-refractivity contribution in [3.05, 3.63) is 58.9 Å². The maximum absolute atomic E-state index is 15.1. The predicted octanol–water partition coefficient (Wildman–Crippen LogP) is 4.18. The molecule has 1 saturated carbocycles. The Bertz CT molecular complexity index is 1190. The molecule has 0 radical (unpaired) electrons. The maximum Gasteiger partial charge on any atom is 0.251 e. The summed E-state index contributed by atoms with van der Waals surface area (Å²) in [4.78, 5) is 27.8. The van der Waals surface area contributed by atoms with E-state index in [0.29, 0.717) is 18.0 Å². The molecule has 1 fully saturated rings. The van der Waals surface area contributed by atoms with E-state index in [0.717, 1.165) is 49.1 Å². The molecule has 2 heterocycles. The van der Waals surface area contributed by atoms with E-state index < -0.39 is 17.5 Å². The quantitative estimate of drug-likeness (QED) is 0.607. The Morgan fingerprint density at radius 2 is 1.79 bits per heavy atom. The van der Waals surface area contributed by atoms with E-state index in [-0.39, 0.29) is 28.8 Å². The van der Waals surface area contributed by atoms with E-state index in [1.807, 2.05) is 29.7 Å². The molecular weight excluding hydrogens is 426 g/mol. The molecule has 1 aliphatic carbocycles. The number of hydrogen-bond donors (Lipinski definition) is 2. The van der Waals surface area contributed by atoms with Crippen molar-refractivity contribution in [1.29, 1.82) is 0 Å². The monoisotopic (exact) mass is 454 g/mol. The number of nitrogens with zero attached hydrogens (tertiary/aromatic N) is 2. The summed E-state index contributed by atoms with van der Waals surface area (Å²) in [6, 6.07) is 6.10. The van der Waals surface area contributed by atoms with Crippen LogP contribution >= 0.6 is 0 Å². The Morgan fingerprint density at radius 3 is 2.39 bits per heavy atom. The van der Waals surface area contributed by atoms with Crippen molar-refractivity contribution in [1.82, 2.24) is 20.0 Å². The number of hydrogen-bond acceptors (Lipinski definition) is 3. The van der Waals surface area contributed by atoms with Crippen molar-refractivity contribution < 1.29 is 18.4 Å². The second-order valence-corrected chi connectivity index (χ2v) is 8.86. The van der Waals surface area contributed by atoms with Gasteiger partial charge in [0.15, 0.2) is 0 Å². The Kier molecular flexibility index (Phi) is 6.44. The van der Waals surface area contributed by atoms with Gasteiger partial charge in [0.05, 0.1) is 17.0 Å². The van der Waals surface area contributed by atoms with Gasteiger partial charge in [0.1, 0.15) is 17.3 Å². The van der Waals surface area contributed by atoms with E-state index in [1.54, 1.807) is 0 Å². The number of carbonyl (C=O) groups excluding carboxylic acids is 2. The van der Waals surface area contributed by atoms with Crippen molar-refractivity contribution >= 4 is 17.5 Å². The largest absolute Gasteiger partial charge is 0.355 e.